The van der Waals surface area contributed by atoms with E-state index >= 15 is 0 Å². The van der Waals surface area contributed by atoms with Gasteiger partial charge < -0.3 is 9.84 Å². The van der Waals surface area contributed by atoms with Crippen molar-refractivity contribution >= 4 is 37.8 Å². The molecule has 126 valence electrons. The molecule has 0 radical (unpaired) electrons. The molecule has 0 aromatic rings. The van der Waals surface area contributed by atoms with Crippen LogP contribution in [0.15, 0.2) is 20.8 Å². The second kappa shape index (κ2) is 11.4. The van der Waals surface area contributed by atoms with E-state index < -0.39 is 12.1 Å². The molecule has 0 fully saturated rings. The predicted octanol–water partition coefficient (Wildman–Crippen LogP) is 5.71. The number of aliphatic hydroxyl groups excluding tert-OH is 1. The fourth-order valence-electron chi connectivity index (χ4n) is 2.52. The second-order valence-electron chi connectivity index (χ2n) is 5.75. The highest BCUT2D eigenvalue weighted by atomic mass is 79.9. The first-order chi connectivity index (χ1) is 10.6. The molecular formula is C17H26Br2O3. The minimum Gasteiger partial charge on any atom is -0.421 e. The number of aliphatic hydroxyl groups is 1. The van der Waals surface area contributed by atoms with Crippen molar-refractivity contribution in [3.63, 3.8) is 0 Å². The molecule has 0 amide bonds. The predicted molar refractivity (Wildman–Crippen MR) is 96.9 cm³/mol. The van der Waals surface area contributed by atoms with Gasteiger partial charge in [-0.1, -0.05) is 64.7 Å². The zero-order valence-corrected chi connectivity index (χ0v) is 16.4. The zero-order chi connectivity index (χ0) is 16.4. The molecule has 1 N–H and O–H groups in total. The molecule has 1 aliphatic heterocycles. The molecule has 1 heterocycles. The lowest BCUT2D eigenvalue weighted by Crippen LogP contribution is -2.15. The Morgan fingerprint density at radius 1 is 1.09 bits per heavy atom. The van der Waals surface area contributed by atoms with Crippen molar-refractivity contribution in [1.29, 1.82) is 0 Å². The van der Waals surface area contributed by atoms with Crippen LogP contribution < -0.4 is 0 Å². The number of hydrogen-bond acceptors (Lipinski definition) is 3. The van der Waals surface area contributed by atoms with Crippen molar-refractivity contribution in [2.45, 2.75) is 77.2 Å². The molecule has 0 saturated heterocycles. The molecule has 5 heteroatoms. The highest BCUT2D eigenvalue weighted by molar-refractivity contribution is 9.28. The van der Waals surface area contributed by atoms with Crippen LogP contribution in [0.4, 0.5) is 0 Å². The van der Waals surface area contributed by atoms with Crippen molar-refractivity contribution in [1.82, 2.24) is 0 Å². The van der Waals surface area contributed by atoms with E-state index in [4.69, 9.17) is 4.74 Å². The topological polar surface area (TPSA) is 46.5 Å². The van der Waals surface area contributed by atoms with Crippen LogP contribution in [0.1, 0.15) is 71.1 Å². The van der Waals surface area contributed by atoms with Crippen molar-refractivity contribution < 1.29 is 14.6 Å². The summed E-state index contributed by atoms with van der Waals surface area (Å²) in [7, 11) is 0. The molecule has 0 spiro atoms. The van der Waals surface area contributed by atoms with Crippen LogP contribution in [-0.2, 0) is 9.53 Å². The monoisotopic (exact) mass is 436 g/mol. The van der Waals surface area contributed by atoms with Crippen LogP contribution >= 0.6 is 31.9 Å². The van der Waals surface area contributed by atoms with Gasteiger partial charge in [-0.25, -0.2) is 4.79 Å². The van der Waals surface area contributed by atoms with Gasteiger partial charge >= 0.3 is 5.97 Å². The molecule has 1 atom stereocenters. The van der Waals surface area contributed by atoms with E-state index in [2.05, 4.69) is 38.8 Å². The van der Waals surface area contributed by atoms with Gasteiger partial charge in [-0.3, -0.25) is 0 Å². The maximum atomic E-state index is 11.7. The highest BCUT2D eigenvalue weighted by Crippen LogP contribution is 2.29. The summed E-state index contributed by atoms with van der Waals surface area (Å²) < 4.78 is 5.62. The summed E-state index contributed by atoms with van der Waals surface area (Å²) in [5.41, 5.74) is 0.353. The third-order valence-electron chi connectivity index (χ3n) is 3.85. The van der Waals surface area contributed by atoms with Gasteiger partial charge in [0.05, 0.1) is 11.7 Å². The van der Waals surface area contributed by atoms with Crippen molar-refractivity contribution in [3.05, 3.63) is 20.8 Å². The number of ether oxygens (including phenoxy) is 1. The molecule has 0 saturated carbocycles. The number of hydrogen-bond donors (Lipinski definition) is 1. The van der Waals surface area contributed by atoms with Crippen LogP contribution in [0.25, 0.3) is 0 Å². The second-order valence-corrected chi connectivity index (χ2v) is 8.40. The molecule has 1 aliphatic rings. The fraction of sp³-hybridized carbons (Fsp3) is 0.706. The van der Waals surface area contributed by atoms with Crippen molar-refractivity contribution in [3.8, 4) is 0 Å². The molecular weight excluding hydrogens is 412 g/mol. The van der Waals surface area contributed by atoms with E-state index in [0.29, 0.717) is 21.1 Å². The van der Waals surface area contributed by atoms with Crippen LogP contribution in [0.2, 0.25) is 0 Å². The van der Waals surface area contributed by atoms with Crippen LogP contribution in [-0.4, -0.2) is 17.2 Å². The number of rotatable bonds is 11. The molecule has 1 rings (SSSR count). The van der Waals surface area contributed by atoms with E-state index in [1.807, 2.05) is 0 Å². The first kappa shape index (κ1) is 19.9. The van der Waals surface area contributed by atoms with Gasteiger partial charge in [0.2, 0.25) is 0 Å². The lowest BCUT2D eigenvalue weighted by molar-refractivity contribution is -0.134. The largest absolute Gasteiger partial charge is 0.421 e. The van der Waals surface area contributed by atoms with Gasteiger partial charge in [0, 0.05) is 0 Å². The van der Waals surface area contributed by atoms with Crippen LogP contribution in [0.5, 0.6) is 0 Å². The Hall–Kier alpha value is -0.130. The minimum absolute atomic E-state index is 0.353. The Balaban J connectivity index is 2.14. The van der Waals surface area contributed by atoms with Gasteiger partial charge in [0.25, 0.3) is 0 Å². The SMILES string of the molecule is CCCCCCCCCCCC(O)C1=CC(=C(Br)Br)OC1=O. The van der Waals surface area contributed by atoms with Gasteiger partial charge in [0.15, 0.2) is 5.76 Å². The summed E-state index contributed by atoms with van der Waals surface area (Å²) in [4.78, 5) is 11.7. The van der Waals surface area contributed by atoms with Crippen molar-refractivity contribution in [2.24, 2.45) is 0 Å². The third kappa shape index (κ3) is 7.42. The quantitative estimate of drug-likeness (QED) is 0.332. The van der Waals surface area contributed by atoms with E-state index in [1.165, 1.54) is 44.9 Å². The molecule has 1 unspecified atom stereocenters. The Bertz CT molecular complexity index is 412. The zero-order valence-electron chi connectivity index (χ0n) is 13.2. The summed E-state index contributed by atoms with van der Waals surface area (Å²) in [6.07, 6.45) is 12.7. The normalized spacial score (nSPS) is 15.7. The Morgan fingerprint density at radius 2 is 1.64 bits per heavy atom. The van der Waals surface area contributed by atoms with Crippen LogP contribution in [0, 0.1) is 0 Å². The van der Waals surface area contributed by atoms with Crippen LogP contribution in [0.3, 0.4) is 0 Å². The average molecular weight is 438 g/mol. The molecule has 22 heavy (non-hydrogen) atoms. The number of allylic oxidation sites excluding steroid dienone is 1. The Morgan fingerprint density at radius 3 is 2.14 bits per heavy atom. The van der Waals surface area contributed by atoms with Crippen molar-refractivity contribution in [2.75, 3.05) is 0 Å². The first-order valence-corrected chi connectivity index (χ1v) is 9.82. The summed E-state index contributed by atoms with van der Waals surface area (Å²) in [5, 5.41) is 10.1. The van der Waals surface area contributed by atoms with E-state index in [1.54, 1.807) is 6.08 Å². The number of cyclic esters (lactones) is 1. The summed E-state index contributed by atoms with van der Waals surface area (Å²) in [6, 6.07) is 0. The van der Waals surface area contributed by atoms with Gasteiger partial charge in [-0.05, 0) is 44.4 Å². The maximum absolute atomic E-state index is 11.7. The Labute approximate surface area is 150 Å². The maximum Gasteiger partial charge on any atom is 0.342 e. The first-order valence-electron chi connectivity index (χ1n) is 8.23. The summed E-state index contributed by atoms with van der Waals surface area (Å²) >= 11 is 6.40. The van der Waals surface area contributed by atoms with E-state index in [0.717, 1.165) is 12.8 Å². The number of carbonyl (C=O) groups excluding carboxylic acids is 1. The fourth-order valence-corrected chi connectivity index (χ4v) is 2.91. The summed E-state index contributed by atoms with van der Waals surface area (Å²) in [6.45, 7) is 2.23. The lowest BCUT2D eigenvalue weighted by atomic mass is 10.0. The molecule has 3 nitrogen and oxygen atoms in total. The molecule has 0 bridgehead atoms. The smallest absolute Gasteiger partial charge is 0.342 e. The molecule has 0 aromatic carbocycles. The molecule has 0 aliphatic carbocycles. The number of unbranched alkanes of at least 4 members (excludes halogenated alkanes) is 8. The van der Waals surface area contributed by atoms with Gasteiger partial charge in [-0.2, -0.15) is 0 Å². The van der Waals surface area contributed by atoms with E-state index in [9.17, 15) is 9.90 Å². The minimum atomic E-state index is -0.728. The van der Waals surface area contributed by atoms with Gasteiger partial charge in [-0.15, -0.1) is 0 Å². The number of halogens is 2. The third-order valence-corrected chi connectivity index (χ3v) is 4.63. The number of carbonyl (C=O) groups is 1. The Kier molecular flexibility index (Phi) is 10.3. The number of esters is 1. The molecule has 0 aromatic heterocycles. The van der Waals surface area contributed by atoms with Gasteiger partial charge in [0.1, 0.15) is 3.39 Å². The standard InChI is InChI=1S/C17H26Br2O3/c1-2-3-4-5-6-7-8-9-10-11-14(20)13-12-15(16(18)19)22-17(13)21/h12,14,20H,2-11H2,1H3. The summed E-state index contributed by atoms with van der Waals surface area (Å²) in [5.74, 6) is -0.0269. The van der Waals surface area contributed by atoms with E-state index in [-0.39, 0.29) is 0 Å². The lowest BCUT2D eigenvalue weighted by Gasteiger charge is -2.09. The highest BCUT2D eigenvalue weighted by Gasteiger charge is 2.28. The average Bonchev–Trinajstić information content (AvgIpc) is 2.87.